The Morgan fingerprint density at radius 3 is 2.96 bits per heavy atom. The second kappa shape index (κ2) is 6.95. The standard InChI is InChI=1S/C16H20N4O2S/c1-11-7-13(14(22-2)9-17-11)15(21)18-8-12-10-23-16(19-12)20-5-3-4-6-20/h7,9-10H,3-6,8H2,1-2H3,(H,18,21). The van der Waals surface area contributed by atoms with Crippen molar-refractivity contribution >= 4 is 22.4 Å². The molecule has 0 spiro atoms. The number of anilines is 1. The minimum absolute atomic E-state index is 0.178. The van der Waals surface area contributed by atoms with Gasteiger partial charge < -0.3 is 15.0 Å². The van der Waals surface area contributed by atoms with Crippen LogP contribution < -0.4 is 15.0 Å². The van der Waals surface area contributed by atoms with Gasteiger partial charge in [0.1, 0.15) is 5.75 Å². The molecule has 1 aliphatic heterocycles. The van der Waals surface area contributed by atoms with E-state index in [1.165, 1.54) is 20.0 Å². The monoisotopic (exact) mass is 332 g/mol. The number of hydrogen-bond acceptors (Lipinski definition) is 6. The van der Waals surface area contributed by atoms with Crippen LogP contribution in [-0.4, -0.2) is 36.1 Å². The summed E-state index contributed by atoms with van der Waals surface area (Å²) in [5.74, 6) is 0.298. The summed E-state index contributed by atoms with van der Waals surface area (Å²) >= 11 is 1.63. The quantitative estimate of drug-likeness (QED) is 0.910. The van der Waals surface area contributed by atoms with Gasteiger partial charge in [-0.15, -0.1) is 11.3 Å². The summed E-state index contributed by atoms with van der Waals surface area (Å²) < 4.78 is 5.20. The van der Waals surface area contributed by atoms with Crippen molar-refractivity contribution in [2.24, 2.45) is 0 Å². The van der Waals surface area contributed by atoms with E-state index in [4.69, 9.17) is 4.74 Å². The number of carbonyl (C=O) groups is 1. The number of thiazole rings is 1. The third-order valence-electron chi connectivity index (χ3n) is 3.81. The van der Waals surface area contributed by atoms with Gasteiger partial charge in [0.2, 0.25) is 0 Å². The van der Waals surface area contributed by atoms with E-state index < -0.39 is 0 Å². The van der Waals surface area contributed by atoms with E-state index in [0.29, 0.717) is 17.9 Å². The smallest absolute Gasteiger partial charge is 0.255 e. The third kappa shape index (κ3) is 3.61. The Balaban J connectivity index is 1.64. The van der Waals surface area contributed by atoms with Gasteiger partial charge in [-0.1, -0.05) is 0 Å². The first-order valence-corrected chi connectivity index (χ1v) is 8.53. The van der Waals surface area contributed by atoms with Crippen LogP contribution in [-0.2, 0) is 6.54 Å². The van der Waals surface area contributed by atoms with E-state index in [1.807, 2.05) is 12.3 Å². The predicted molar refractivity (Wildman–Crippen MR) is 90.3 cm³/mol. The van der Waals surface area contributed by atoms with Gasteiger partial charge in [-0.25, -0.2) is 4.98 Å². The molecule has 0 unspecified atom stereocenters. The summed E-state index contributed by atoms with van der Waals surface area (Å²) in [6.07, 6.45) is 4.03. The van der Waals surface area contributed by atoms with Crippen molar-refractivity contribution in [3.8, 4) is 5.75 Å². The zero-order valence-corrected chi connectivity index (χ0v) is 14.2. The first-order valence-electron chi connectivity index (χ1n) is 7.65. The molecule has 122 valence electrons. The Hall–Kier alpha value is -2.15. The van der Waals surface area contributed by atoms with E-state index in [9.17, 15) is 4.79 Å². The highest BCUT2D eigenvalue weighted by Crippen LogP contribution is 2.24. The topological polar surface area (TPSA) is 67.3 Å². The summed E-state index contributed by atoms with van der Waals surface area (Å²) in [7, 11) is 1.53. The van der Waals surface area contributed by atoms with Crippen LogP contribution in [0.2, 0.25) is 0 Å². The number of pyridine rings is 1. The molecule has 7 heteroatoms. The van der Waals surface area contributed by atoms with Crippen LogP contribution in [0.3, 0.4) is 0 Å². The van der Waals surface area contributed by atoms with E-state index >= 15 is 0 Å². The highest BCUT2D eigenvalue weighted by Gasteiger charge is 2.17. The lowest BCUT2D eigenvalue weighted by Crippen LogP contribution is -2.24. The number of ether oxygens (including phenoxy) is 1. The van der Waals surface area contributed by atoms with Gasteiger partial charge >= 0.3 is 0 Å². The minimum atomic E-state index is -0.178. The number of carbonyl (C=O) groups excluding carboxylic acids is 1. The van der Waals surface area contributed by atoms with Crippen LogP contribution in [0.25, 0.3) is 0 Å². The lowest BCUT2D eigenvalue weighted by atomic mass is 10.2. The van der Waals surface area contributed by atoms with Gasteiger partial charge in [0.25, 0.3) is 5.91 Å². The predicted octanol–water partition coefficient (Wildman–Crippen LogP) is 2.39. The summed E-state index contributed by atoms with van der Waals surface area (Å²) in [5.41, 5.74) is 2.16. The van der Waals surface area contributed by atoms with E-state index in [2.05, 4.69) is 20.2 Å². The molecule has 1 aliphatic rings. The fourth-order valence-electron chi connectivity index (χ4n) is 2.58. The second-order valence-corrected chi connectivity index (χ2v) is 6.36. The molecule has 2 aromatic heterocycles. The molecule has 3 heterocycles. The number of rotatable bonds is 5. The molecule has 0 saturated carbocycles. The first kappa shape index (κ1) is 15.7. The molecule has 0 aromatic carbocycles. The van der Waals surface area contributed by atoms with Gasteiger partial charge in [-0.3, -0.25) is 9.78 Å². The molecule has 23 heavy (non-hydrogen) atoms. The van der Waals surface area contributed by atoms with Crippen LogP contribution in [0, 0.1) is 6.92 Å². The molecule has 0 aliphatic carbocycles. The van der Waals surface area contributed by atoms with E-state index in [1.54, 1.807) is 23.6 Å². The number of nitrogens with one attached hydrogen (secondary N) is 1. The first-order chi connectivity index (χ1) is 11.2. The Bertz CT molecular complexity index is 695. The number of aryl methyl sites for hydroxylation is 1. The van der Waals surface area contributed by atoms with Crippen molar-refractivity contribution in [2.45, 2.75) is 26.3 Å². The Labute approximate surface area is 139 Å². The number of amides is 1. The van der Waals surface area contributed by atoms with Gasteiger partial charge in [0, 0.05) is 24.2 Å². The van der Waals surface area contributed by atoms with E-state index in [0.717, 1.165) is 29.6 Å². The van der Waals surface area contributed by atoms with Crippen LogP contribution in [0.15, 0.2) is 17.6 Å². The largest absolute Gasteiger partial charge is 0.494 e. The minimum Gasteiger partial charge on any atom is -0.494 e. The van der Waals surface area contributed by atoms with Gasteiger partial charge in [0.15, 0.2) is 5.13 Å². The van der Waals surface area contributed by atoms with Crippen LogP contribution in [0.4, 0.5) is 5.13 Å². The Morgan fingerprint density at radius 2 is 2.22 bits per heavy atom. The zero-order valence-electron chi connectivity index (χ0n) is 13.3. The summed E-state index contributed by atoms with van der Waals surface area (Å²) in [6, 6.07) is 1.73. The Kier molecular flexibility index (Phi) is 4.76. The molecule has 1 amide bonds. The number of methoxy groups -OCH3 is 1. The van der Waals surface area contributed by atoms with Crippen LogP contribution in [0.1, 0.15) is 34.6 Å². The molecule has 0 atom stereocenters. The van der Waals surface area contributed by atoms with Crippen molar-refractivity contribution in [3.05, 3.63) is 34.6 Å². The van der Waals surface area contributed by atoms with Crippen molar-refractivity contribution in [1.29, 1.82) is 0 Å². The molecule has 2 aromatic rings. The fraction of sp³-hybridized carbons (Fsp3) is 0.438. The van der Waals surface area contributed by atoms with Crippen molar-refractivity contribution in [2.75, 3.05) is 25.1 Å². The maximum atomic E-state index is 12.4. The SMILES string of the molecule is COc1cnc(C)cc1C(=O)NCc1csc(N2CCCC2)n1. The number of aromatic nitrogens is 2. The van der Waals surface area contributed by atoms with E-state index in [-0.39, 0.29) is 5.91 Å². The molecule has 0 bridgehead atoms. The highest BCUT2D eigenvalue weighted by atomic mass is 32.1. The van der Waals surface area contributed by atoms with Gasteiger partial charge in [-0.2, -0.15) is 0 Å². The van der Waals surface area contributed by atoms with Gasteiger partial charge in [-0.05, 0) is 25.8 Å². The Morgan fingerprint density at radius 1 is 1.43 bits per heavy atom. The molecule has 6 nitrogen and oxygen atoms in total. The van der Waals surface area contributed by atoms with Crippen LogP contribution in [0.5, 0.6) is 5.75 Å². The van der Waals surface area contributed by atoms with Crippen molar-refractivity contribution in [1.82, 2.24) is 15.3 Å². The molecule has 1 saturated heterocycles. The maximum Gasteiger partial charge on any atom is 0.255 e. The van der Waals surface area contributed by atoms with Crippen molar-refractivity contribution < 1.29 is 9.53 Å². The van der Waals surface area contributed by atoms with Gasteiger partial charge in [0.05, 0.1) is 31.1 Å². The lowest BCUT2D eigenvalue weighted by Gasteiger charge is -2.12. The molecule has 1 N–H and O–H groups in total. The highest BCUT2D eigenvalue weighted by molar-refractivity contribution is 7.13. The molecule has 3 rings (SSSR count). The summed E-state index contributed by atoms with van der Waals surface area (Å²) in [4.78, 5) is 23.4. The third-order valence-corrected chi connectivity index (χ3v) is 4.77. The zero-order chi connectivity index (χ0) is 16.2. The average Bonchev–Trinajstić information content (AvgIpc) is 3.23. The van der Waals surface area contributed by atoms with Crippen molar-refractivity contribution in [3.63, 3.8) is 0 Å². The molecule has 0 radical (unpaired) electrons. The maximum absolute atomic E-state index is 12.4. The normalized spacial score (nSPS) is 14.1. The lowest BCUT2D eigenvalue weighted by molar-refractivity contribution is 0.0947. The average molecular weight is 332 g/mol. The molecule has 1 fully saturated rings. The summed E-state index contributed by atoms with van der Waals surface area (Å²) in [5, 5.41) is 5.95. The number of hydrogen-bond donors (Lipinski definition) is 1. The van der Waals surface area contributed by atoms with Crippen LogP contribution >= 0.6 is 11.3 Å². The molecular formula is C16H20N4O2S. The molecular weight excluding hydrogens is 312 g/mol. The second-order valence-electron chi connectivity index (χ2n) is 5.52. The summed E-state index contributed by atoms with van der Waals surface area (Å²) in [6.45, 7) is 4.41. The fourth-order valence-corrected chi connectivity index (χ4v) is 3.46. The number of nitrogens with zero attached hydrogens (tertiary/aromatic N) is 3.